The highest BCUT2D eigenvalue weighted by atomic mass is 15.3. The lowest BCUT2D eigenvalue weighted by molar-refractivity contribution is 0.892. The number of rotatable bonds is 3. The quantitative estimate of drug-likeness (QED) is 0.553. The van der Waals surface area contributed by atoms with Crippen molar-refractivity contribution >= 4 is 23.2 Å². The predicted molar refractivity (Wildman–Crippen MR) is 94.2 cm³/mol. The van der Waals surface area contributed by atoms with Crippen molar-refractivity contribution < 1.29 is 0 Å². The number of hydrogen-bond donors (Lipinski definition) is 0. The van der Waals surface area contributed by atoms with Gasteiger partial charge in [-0.3, -0.25) is 0 Å². The fourth-order valence-electron chi connectivity index (χ4n) is 2.59. The van der Waals surface area contributed by atoms with E-state index >= 15 is 0 Å². The van der Waals surface area contributed by atoms with Gasteiger partial charge in [-0.25, -0.2) is 9.67 Å². The second-order valence-electron chi connectivity index (χ2n) is 5.25. The lowest BCUT2D eigenvalue weighted by Crippen LogP contribution is -1.96. The summed E-state index contributed by atoms with van der Waals surface area (Å²) in [7, 11) is 0. The Morgan fingerprint density at radius 1 is 0.739 bits per heavy atom. The molecule has 0 saturated carbocycles. The molecule has 0 aliphatic heterocycles. The van der Waals surface area contributed by atoms with Crippen LogP contribution >= 0.6 is 0 Å². The van der Waals surface area contributed by atoms with E-state index in [0.717, 1.165) is 28.0 Å². The van der Waals surface area contributed by atoms with Crippen LogP contribution in [0.1, 0.15) is 11.3 Å². The van der Waals surface area contributed by atoms with Crippen LogP contribution < -0.4 is 0 Å². The Kier molecular flexibility index (Phi) is 3.45. The highest BCUT2D eigenvalue weighted by Crippen LogP contribution is 2.21. The lowest BCUT2D eigenvalue weighted by atomic mass is 10.2. The molecule has 0 aliphatic carbocycles. The van der Waals surface area contributed by atoms with Gasteiger partial charge in [-0.15, -0.1) is 0 Å². The second kappa shape index (κ2) is 5.89. The number of para-hydroxylation sites is 1. The third-order valence-electron chi connectivity index (χ3n) is 3.70. The molecule has 3 heteroatoms. The monoisotopic (exact) mass is 297 g/mol. The Bertz CT molecular complexity index is 954. The first-order valence-electron chi connectivity index (χ1n) is 7.54. The van der Waals surface area contributed by atoms with Crippen molar-refractivity contribution in [3.63, 3.8) is 0 Å². The van der Waals surface area contributed by atoms with Gasteiger partial charge in [0.05, 0.1) is 11.4 Å². The van der Waals surface area contributed by atoms with Crippen LogP contribution in [0, 0.1) is 0 Å². The van der Waals surface area contributed by atoms with Gasteiger partial charge in [-0.05, 0) is 35.9 Å². The molecule has 3 nitrogen and oxygen atoms in total. The molecule has 0 aliphatic rings. The van der Waals surface area contributed by atoms with Gasteiger partial charge >= 0.3 is 0 Å². The molecule has 2 aromatic carbocycles. The molecule has 4 rings (SSSR count). The van der Waals surface area contributed by atoms with Gasteiger partial charge in [0.15, 0.2) is 5.65 Å². The first-order chi connectivity index (χ1) is 11.4. The van der Waals surface area contributed by atoms with Crippen LogP contribution in [0.4, 0.5) is 0 Å². The first kappa shape index (κ1) is 13.5. The summed E-state index contributed by atoms with van der Waals surface area (Å²) in [5.41, 5.74) is 3.95. The maximum Gasteiger partial charge on any atom is 0.163 e. The molecule has 0 unspecified atom stereocenters. The van der Waals surface area contributed by atoms with E-state index in [1.54, 1.807) is 6.20 Å². The molecule has 0 saturated heterocycles. The number of hydrogen-bond acceptors (Lipinski definition) is 2. The van der Waals surface area contributed by atoms with E-state index < -0.39 is 0 Å². The molecule has 0 radical (unpaired) electrons. The van der Waals surface area contributed by atoms with E-state index in [4.69, 9.17) is 5.10 Å². The third-order valence-corrected chi connectivity index (χ3v) is 3.70. The number of benzene rings is 2. The Hall–Kier alpha value is -3.20. The van der Waals surface area contributed by atoms with Crippen molar-refractivity contribution in [3.05, 3.63) is 90.3 Å². The van der Waals surface area contributed by atoms with Gasteiger partial charge in [0, 0.05) is 11.6 Å². The van der Waals surface area contributed by atoms with E-state index in [-0.39, 0.29) is 0 Å². The van der Waals surface area contributed by atoms with Gasteiger partial charge < -0.3 is 0 Å². The molecule has 23 heavy (non-hydrogen) atoms. The Morgan fingerprint density at radius 3 is 2.26 bits per heavy atom. The third kappa shape index (κ3) is 2.64. The molecule has 0 spiro atoms. The molecular formula is C20H15N3. The molecule has 0 N–H and O–H groups in total. The average molecular weight is 297 g/mol. The summed E-state index contributed by atoms with van der Waals surface area (Å²) in [5.74, 6) is 0. The highest BCUT2D eigenvalue weighted by molar-refractivity contribution is 5.88. The highest BCUT2D eigenvalue weighted by Gasteiger charge is 2.10. The van der Waals surface area contributed by atoms with Crippen molar-refractivity contribution in [1.29, 1.82) is 0 Å². The van der Waals surface area contributed by atoms with E-state index in [1.165, 1.54) is 0 Å². The fourth-order valence-corrected chi connectivity index (χ4v) is 2.59. The standard InChI is InChI=1S/C20H15N3/c1-3-8-16(9-4-1)13-14-19-18-12-7-15-21-20(18)23(22-19)17-10-5-2-6-11-17/h1-15H/b14-13+. The summed E-state index contributed by atoms with van der Waals surface area (Å²) in [4.78, 5) is 4.50. The second-order valence-corrected chi connectivity index (χ2v) is 5.25. The zero-order chi connectivity index (χ0) is 15.5. The first-order valence-corrected chi connectivity index (χ1v) is 7.54. The largest absolute Gasteiger partial charge is 0.237 e. The molecule has 2 heterocycles. The summed E-state index contributed by atoms with van der Waals surface area (Å²) < 4.78 is 1.89. The van der Waals surface area contributed by atoms with E-state index in [1.807, 2.05) is 65.4 Å². The zero-order valence-electron chi connectivity index (χ0n) is 12.5. The van der Waals surface area contributed by atoms with Crippen molar-refractivity contribution in [1.82, 2.24) is 14.8 Å². The molecule has 4 aromatic rings. The average Bonchev–Trinajstić information content (AvgIpc) is 3.01. The summed E-state index contributed by atoms with van der Waals surface area (Å²) in [6, 6.07) is 24.3. The van der Waals surface area contributed by atoms with Gasteiger partial charge in [-0.2, -0.15) is 5.10 Å². The topological polar surface area (TPSA) is 30.7 Å². The Balaban J connectivity index is 1.83. The fraction of sp³-hybridized carbons (Fsp3) is 0. The van der Waals surface area contributed by atoms with Crippen LogP contribution in [0.15, 0.2) is 79.0 Å². The van der Waals surface area contributed by atoms with Crippen LogP contribution in [0.5, 0.6) is 0 Å². The van der Waals surface area contributed by atoms with E-state index in [2.05, 4.69) is 29.3 Å². The van der Waals surface area contributed by atoms with Crippen LogP contribution in [-0.2, 0) is 0 Å². The number of nitrogens with zero attached hydrogens (tertiary/aromatic N) is 3. The minimum atomic E-state index is 0.867. The number of aromatic nitrogens is 3. The molecule has 0 amide bonds. The van der Waals surface area contributed by atoms with Gasteiger partial charge in [0.25, 0.3) is 0 Å². The van der Waals surface area contributed by atoms with Crippen molar-refractivity contribution in [2.75, 3.05) is 0 Å². The van der Waals surface area contributed by atoms with Gasteiger partial charge in [0.1, 0.15) is 0 Å². The molecular weight excluding hydrogens is 282 g/mol. The summed E-state index contributed by atoms with van der Waals surface area (Å²) in [5, 5.41) is 5.79. The number of pyridine rings is 1. The minimum absolute atomic E-state index is 0.867. The van der Waals surface area contributed by atoms with E-state index in [9.17, 15) is 0 Å². The SMILES string of the molecule is C(=C\c1nn(-c2ccccc2)c2ncccc12)/c1ccccc1. The molecule has 110 valence electrons. The summed E-state index contributed by atoms with van der Waals surface area (Å²) in [6.45, 7) is 0. The minimum Gasteiger partial charge on any atom is -0.237 e. The Morgan fingerprint density at radius 2 is 1.48 bits per heavy atom. The van der Waals surface area contributed by atoms with Gasteiger partial charge in [0.2, 0.25) is 0 Å². The zero-order valence-corrected chi connectivity index (χ0v) is 12.5. The molecule has 0 bridgehead atoms. The van der Waals surface area contributed by atoms with Crippen LogP contribution in [0.3, 0.4) is 0 Å². The lowest BCUT2D eigenvalue weighted by Gasteiger charge is -2.00. The summed E-state index contributed by atoms with van der Waals surface area (Å²) in [6.07, 6.45) is 5.91. The van der Waals surface area contributed by atoms with Crippen LogP contribution in [0.2, 0.25) is 0 Å². The van der Waals surface area contributed by atoms with Gasteiger partial charge in [-0.1, -0.05) is 54.6 Å². The van der Waals surface area contributed by atoms with Crippen molar-refractivity contribution in [3.8, 4) is 5.69 Å². The molecule has 0 atom stereocenters. The summed E-state index contributed by atoms with van der Waals surface area (Å²) >= 11 is 0. The van der Waals surface area contributed by atoms with E-state index in [0.29, 0.717) is 0 Å². The predicted octanol–water partition coefficient (Wildman–Crippen LogP) is 4.59. The Labute approximate surface area is 134 Å². The smallest absolute Gasteiger partial charge is 0.163 e. The van der Waals surface area contributed by atoms with Crippen LogP contribution in [-0.4, -0.2) is 14.8 Å². The van der Waals surface area contributed by atoms with Crippen LogP contribution in [0.25, 0.3) is 28.9 Å². The maximum atomic E-state index is 4.74. The normalized spacial score (nSPS) is 11.3. The molecule has 0 fully saturated rings. The molecule has 2 aromatic heterocycles. The maximum absolute atomic E-state index is 4.74. The number of fused-ring (bicyclic) bond motifs is 1. The van der Waals surface area contributed by atoms with Crippen molar-refractivity contribution in [2.45, 2.75) is 0 Å². The van der Waals surface area contributed by atoms with Crippen molar-refractivity contribution in [2.24, 2.45) is 0 Å².